The molecule has 0 amide bonds. The van der Waals surface area contributed by atoms with Crippen LogP contribution in [0.1, 0.15) is 12.8 Å². The fraction of sp³-hybridized carbons (Fsp3) is 1.00. The quantitative estimate of drug-likeness (QED) is 0.506. The van der Waals surface area contributed by atoms with Crippen molar-refractivity contribution in [1.29, 1.82) is 0 Å². The third-order valence-electron chi connectivity index (χ3n) is 1.51. The highest BCUT2D eigenvalue weighted by Gasteiger charge is 2.26. The topological polar surface area (TPSA) is 49.1 Å². The molecule has 0 aliphatic carbocycles. The van der Waals surface area contributed by atoms with E-state index in [9.17, 15) is 4.55 Å². The minimum absolute atomic E-state index is 0.315. The van der Waals surface area contributed by atoms with Gasteiger partial charge in [-0.1, -0.05) is 0 Å². The molecule has 1 heterocycles. The van der Waals surface area contributed by atoms with E-state index in [0.29, 0.717) is 11.8 Å². The Bertz CT molecular complexity index is 78.8. The molecule has 1 saturated heterocycles. The van der Waals surface area contributed by atoms with Crippen molar-refractivity contribution in [3.05, 3.63) is 0 Å². The molecule has 2 unspecified atom stereocenters. The van der Waals surface area contributed by atoms with E-state index in [1.54, 1.807) is 0 Å². The summed E-state index contributed by atoms with van der Waals surface area (Å²) < 4.78 is 10.8. The Labute approximate surface area is 52.6 Å². The molecule has 0 aromatic rings. The second kappa shape index (κ2) is 2.71. The van der Waals surface area contributed by atoms with E-state index in [1.807, 2.05) is 0 Å². The summed E-state index contributed by atoms with van der Waals surface area (Å²) in [6.45, 7) is 0.604. The molecular weight excluding hydrogens is 122 g/mol. The van der Waals surface area contributed by atoms with Gasteiger partial charge in [-0.2, -0.15) is 0 Å². The van der Waals surface area contributed by atoms with Gasteiger partial charge in [-0.05, 0) is 17.6 Å². The Morgan fingerprint density at radius 3 is 2.75 bits per heavy atom. The van der Waals surface area contributed by atoms with Crippen molar-refractivity contribution in [1.82, 2.24) is 0 Å². The molecule has 0 aromatic heterocycles. The Balaban J connectivity index is 2.30. The highest BCUT2D eigenvalue weighted by atomic mass is 32.2. The molecule has 2 N–H and O–H groups in total. The maximum Gasteiger partial charge on any atom is 0.128 e. The predicted molar refractivity (Wildman–Crippen MR) is 35.1 cm³/mol. The maximum atomic E-state index is 10.8. The zero-order chi connectivity index (χ0) is 5.98. The molecule has 0 spiro atoms. The molecule has 2 atom stereocenters. The molecule has 3 heteroatoms. The largest absolute Gasteiger partial charge is 0.616 e. The van der Waals surface area contributed by atoms with Crippen LogP contribution in [0.2, 0.25) is 0 Å². The average Bonchev–Trinajstić information content (AvgIpc) is 2.14. The molecule has 2 nitrogen and oxygen atoms in total. The molecule has 1 aliphatic rings. The van der Waals surface area contributed by atoms with Crippen LogP contribution < -0.4 is 5.73 Å². The van der Waals surface area contributed by atoms with Crippen LogP contribution in [0.25, 0.3) is 0 Å². The maximum absolute atomic E-state index is 10.8. The lowest BCUT2D eigenvalue weighted by molar-refractivity contribution is 0.589. The van der Waals surface area contributed by atoms with Crippen molar-refractivity contribution in [2.45, 2.75) is 18.1 Å². The van der Waals surface area contributed by atoms with E-state index in [4.69, 9.17) is 5.73 Å². The van der Waals surface area contributed by atoms with Gasteiger partial charge in [-0.15, -0.1) is 0 Å². The highest BCUT2D eigenvalue weighted by molar-refractivity contribution is 7.92. The van der Waals surface area contributed by atoms with Crippen molar-refractivity contribution in [2.75, 3.05) is 12.3 Å². The van der Waals surface area contributed by atoms with Gasteiger partial charge < -0.3 is 10.3 Å². The van der Waals surface area contributed by atoms with E-state index in [2.05, 4.69) is 0 Å². The summed E-state index contributed by atoms with van der Waals surface area (Å²) >= 11 is -0.586. The molecule has 1 fully saturated rings. The van der Waals surface area contributed by atoms with Crippen molar-refractivity contribution < 1.29 is 4.55 Å². The number of hydrogen-bond acceptors (Lipinski definition) is 2. The fourth-order valence-corrected chi connectivity index (χ4v) is 2.41. The smallest absolute Gasteiger partial charge is 0.128 e. The summed E-state index contributed by atoms with van der Waals surface area (Å²) in [7, 11) is 0. The Hall–Kier alpha value is 0.270. The third-order valence-corrected chi connectivity index (χ3v) is 3.37. The van der Waals surface area contributed by atoms with Crippen molar-refractivity contribution in [2.24, 2.45) is 5.73 Å². The second-order valence-electron chi connectivity index (χ2n) is 2.08. The molecular formula is C5H11NOS. The first-order valence-corrected chi connectivity index (χ1v) is 4.30. The summed E-state index contributed by atoms with van der Waals surface area (Å²) in [6, 6.07) is 0. The predicted octanol–water partition coefficient (Wildman–Crippen LogP) is -0.144. The minimum Gasteiger partial charge on any atom is -0.616 e. The molecule has 1 rings (SSSR count). The van der Waals surface area contributed by atoms with Gasteiger partial charge in [0.2, 0.25) is 0 Å². The average molecular weight is 133 g/mol. The van der Waals surface area contributed by atoms with E-state index < -0.39 is 11.2 Å². The highest BCUT2D eigenvalue weighted by Crippen LogP contribution is 2.17. The van der Waals surface area contributed by atoms with Gasteiger partial charge in [0.1, 0.15) is 11.0 Å². The Kier molecular flexibility index (Phi) is 2.16. The van der Waals surface area contributed by atoms with Crippen LogP contribution in [-0.2, 0) is 11.2 Å². The number of hydrogen-bond donors (Lipinski definition) is 1. The van der Waals surface area contributed by atoms with Crippen LogP contribution >= 0.6 is 0 Å². The zero-order valence-electron chi connectivity index (χ0n) is 4.80. The fourth-order valence-electron chi connectivity index (χ4n) is 0.977. The van der Waals surface area contributed by atoms with Crippen LogP contribution in [0.3, 0.4) is 0 Å². The van der Waals surface area contributed by atoms with E-state index in [0.717, 1.165) is 18.6 Å². The van der Waals surface area contributed by atoms with Crippen LogP contribution in [0.4, 0.5) is 0 Å². The van der Waals surface area contributed by atoms with Crippen LogP contribution in [-0.4, -0.2) is 22.1 Å². The Morgan fingerprint density at radius 2 is 2.50 bits per heavy atom. The summed E-state index contributed by atoms with van der Waals surface area (Å²) in [5, 5.41) is 0.315. The van der Waals surface area contributed by atoms with Crippen molar-refractivity contribution in [3.63, 3.8) is 0 Å². The number of nitrogens with two attached hydrogens (primary N) is 1. The monoisotopic (exact) mass is 133 g/mol. The summed E-state index contributed by atoms with van der Waals surface area (Å²) in [5.74, 6) is 0.877. The third kappa shape index (κ3) is 1.16. The first-order chi connectivity index (χ1) is 3.84. The summed E-state index contributed by atoms with van der Waals surface area (Å²) in [6.07, 6.45) is 2.18. The molecule has 0 aromatic carbocycles. The van der Waals surface area contributed by atoms with Gasteiger partial charge in [0.05, 0.1) is 0 Å². The van der Waals surface area contributed by atoms with Crippen LogP contribution in [0.15, 0.2) is 0 Å². The molecule has 0 saturated carbocycles. The lowest BCUT2D eigenvalue weighted by atomic mass is 10.2. The lowest BCUT2D eigenvalue weighted by Gasteiger charge is -2.09. The van der Waals surface area contributed by atoms with Crippen LogP contribution in [0, 0.1) is 0 Å². The SMILES string of the molecule is NCC1CCC[S+]1[O-]. The van der Waals surface area contributed by atoms with Gasteiger partial charge in [0.25, 0.3) is 0 Å². The van der Waals surface area contributed by atoms with Crippen LogP contribution in [0.5, 0.6) is 0 Å². The normalized spacial score (nSPS) is 38.2. The second-order valence-corrected chi connectivity index (χ2v) is 3.92. The lowest BCUT2D eigenvalue weighted by Crippen LogP contribution is -2.25. The molecule has 8 heavy (non-hydrogen) atoms. The standard InChI is InChI=1S/C5H11NOS/c6-4-5-2-1-3-8(5)7/h5H,1-4,6H2. The van der Waals surface area contributed by atoms with E-state index >= 15 is 0 Å². The zero-order valence-corrected chi connectivity index (χ0v) is 5.62. The molecule has 0 bridgehead atoms. The van der Waals surface area contributed by atoms with Gasteiger partial charge in [0, 0.05) is 13.0 Å². The molecule has 48 valence electrons. The van der Waals surface area contributed by atoms with Crippen molar-refractivity contribution in [3.8, 4) is 0 Å². The summed E-state index contributed by atoms with van der Waals surface area (Å²) in [4.78, 5) is 0. The van der Waals surface area contributed by atoms with Crippen molar-refractivity contribution >= 4 is 11.2 Å². The first-order valence-electron chi connectivity index (χ1n) is 2.92. The van der Waals surface area contributed by atoms with Gasteiger partial charge in [-0.3, -0.25) is 0 Å². The van der Waals surface area contributed by atoms with Gasteiger partial charge in [-0.25, -0.2) is 0 Å². The van der Waals surface area contributed by atoms with Gasteiger partial charge in [0.15, 0.2) is 0 Å². The Morgan fingerprint density at radius 1 is 1.75 bits per heavy atom. The van der Waals surface area contributed by atoms with E-state index in [1.165, 1.54) is 0 Å². The first kappa shape index (κ1) is 6.39. The molecule has 0 radical (unpaired) electrons. The van der Waals surface area contributed by atoms with Gasteiger partial charge >= 0.3 is 0 Å². The molecule has 1 aliphatic heterocycles. The summed E-state index contributed by atoms with van der Waals surface area (Å²) in [5.41, 5.74) is 5.33. The van der Waals surface area contributed by atoms with E-state index in [-0.39, 0.29) is 0 Å². The minimum atomic E-state index is -0.586. The number of rotatable bonds is 1.